The highest BCUT2D eigenvalue weighted by atomic mass is 35.5. The molecule has 0 fully saturated rings. The Morgan fingerprint density at radius 2 is 1.55 bits per heavy atom. The number of hydrogen-bond acceptors (Lipinski definition) is 3. The smallest absolute Gasteiger partial charge is 0.261 e. The van der Waals surface area contributed by atoms with Crippen LogP contribution in [0.25, 0.3) is 10.9 Å². The Morgan fingerprint density at radius 1 is 0.871 bits per heavy atom. The molecular formula is C24H21ClN2O3S. The Bertz CT molecular complexity index is 1340. The molecule has 7 heteroatoms. The molecule has 1 aliphatic rings. The molecule has 0 radical (unpaired) electrons. The number of ether oxygens (including phenoxy) is 1. The summed E-state index contributed by atoms with van der Waals surface area (Å²) >= 11 is 5.89. The minimum absolute atomic E-state index is 0.258. The maximum Gasteiger partial charge on any atom is 0.261 e. The molecule has 158 valence electrons. The van der Waals surface area contributed by atoms with Gasteiger partial charge in [0.2, 0.25) is 0 Å². The number of anilines is 1. The zero-order valence-corrected chi connectivity index (χ0v) is 18.3. The van der Waals surface area contributed by atoms with E-state index in [0.717, 1.165) is 30.2 Å². The third-order valence-corrected chi connectivity index (χ3v) is 7.17. The first-order chi connectivity index (χ1) is 15.0. The number of aromatic amines is 1. The Labute approximate surface area is 186 Å². The molecule has 0 spiro atoms. The van der Waals surface area contributed by atoms with Crippen molar-refractivity contribution in [1.82, 2.24) is 4.98 Å². The molecule has 3 aromatic carbocycles. The molecule has 1 heterocycles. The monoisotopic (exact) mass is 452 g/mol. The highest BCUT2D eigenvalue weighted by Crippen LogP contribution is 2.31. The van der Waals surface area contributed by atoms with Gasteiger partial charge in [-0.25, -0.2) is 8.42 Å². The summed E-state index contributed by atoms with van der Waals surface area (Å²) in [6, 6.07) is 19.1. The second kappa shape index (κ2) is 7.94. The van der Waals surface area contributed by atoms with Gasteiger partial charge in [0.05, 0.1) is 4.90 Å². The highest BCUT2D eigenvalue weighted by molar-refractivity contribution is 7.92. The zero-order valence-electron chi connectivity index (χ0n) is 16.7. The summed E-state index contributed by atoms with van der Waals surface area (Å²) in [5.74, 6) is 1.26. The van der Waals surface area contributed by atoms with Crippen LogP contribution in [0.2, 0.25) is 5.02 Å². The van der Waals surface area contributed by atoms with Gasteiger partial charge < -0.3 is 9.72 Å². The Balaban J connectivity index is 1.36. The van der Waals surface area contributed by atoms with Crippen molar-refractivity contribution in [2.24, 2.45) is 0 Å². The van der Waals surface area contributed by atoms with Gasteiger partial charge in [-0.15, -0.1) is 0 Å². The van der Waals surface area contributed by atoms with Crippen molar-refractivity contribution >= 4 is 38.2 Å². The van der Waals surface area contributed by atoms with E-state index in [9.17, 15) is 8.42 Å². The molecule has 5 rings (SSSR count). The van der Waals surface area contributed by atoms with Gasteiger partial charge in [0.25, 0.3) is 10.0 Å². The van der Waals surface area contributed by atoms with Crippen molar-refractivity contribution in [2.75, 3.05) is 4.72 Å². The molecule has 4 aromatic rings. The predicted octanol–water partition coefficient (Wildman–Crippen LogP) is 6.29. The molecule has 0 saturated heterocycles. The minimum Gasteiger partial charge on any atom is -0.457 e. The number of aromatic nitrogens is 1. The van der Waals surface area contributed by atoms with Gasteiger partial charge in [-0.05, 0) is 98.0 Å². The molecule has 31 heavy (non-hydrogen) atoms. The summed E-state index contributed by atoms with van der Waals surface area (Å²) in [6.07, 6.45) is 4.32. The summed E-state index contributed by atoms with van der Waals surface area (Å²) in [7, 11) is -3.71. The number of hydrogen-bond donors (Lipinski definition) is 2. The zero-order chi connectivity index (χ0) is 21.4. The lowest BCUT2D eigenvalue weighted by molar-refractivity contribution is 0.483. The number of fused-ring (bicyclic) bond motifs is 3. The van der Waals surface area contributed by atoms with Crippen LogP contribution in [-0.2, 0) is 22.9 Å². The van der Waals surface area contributed by atoms with Gasteiger partial charge >= 0.3 is 0 Å². The molecule has 0 saturated carbocycles. The van der Waals surface area contributed by atoms with Crippen LogP contribution in [0.1, 0.15) is 24.1 Å². The van der Waals surface area contributed by atoms with Crippen molar-refractivity contribution in [1.29, 1.82) is 0 Å². The second-order valence-electron chi connectivity index (χ2n) is 7.68. The summed E-state index contributed by atoms with van der Waals surface area (Å²) in [5.41, 5.74) is 3.95. The van der Waals surface area contributed by atoms with E-state index in [2.05, 4.69) is 9.71 Å². The average molecular weight is 453 g/mol. The summed E-state index contributed by atoms with van der Waals surface area (Å²) in [4.78, 5) is 3.70. The van der Waals surface area contributed by atoms with Crippen LogP contribution in [0.15, 0.2) is 71.6 Å². The van der Waals surface area contributed by atoms with E-state index in [-0.39, 0.29) is 4.90 Å². The molecule has 1 aliphatic carbocycles. The lowest BCUT2D eigenvalue weighted by Crippen LogP contribution is -2.12. The Kier molecular flexibility index (Phi) is 5.12. The number of benzene rings is 3. The van der Waals surface area contributed by atoms with E-state index in [1.807, 2.05) is 6.07 Å². The molecule has 0 unspecified atom stereocenters. The van der Waals surface area contributed by atoms with Crippen LogP contribution < -0.4 is 9.46 Å². The average Bonchev–Trinajstić information content (AvgIpc) is 3.14. The van der Waals surface area contributed by atoms with Crippen molar-refractivity contribution in [3.63, 3.8) is 0 Å². The number of sulfonamides is 1. The molecule has 2 N–H and O–H groups in total. The third-order valence-electron chi connectivity index (χ3n) is 5.54. The van der Waals surface area contributed by atoms with Crippen LogP contribution in [-0.4, -0.2) is 13.4 Å². The maximum absolute atomic E-state index is 13.0. The van der Waals surface area contributed by atoms with Gasteiger partial charge in [0.1, 0.15) is 11.5 Å². The first kappa shape index (κ1) is 20.0. The van der Waals surface area contributed by atoms with Gasteiger partial charge in [0.15, 0.2) is 0 Å². The molecule has 0 atom stereocenters. The fourth-order valence-corrected chi connectivity index (χ4v) is 5.21. The van der Waals surface area contributed by atoms with Crippen LogP contribution in [0.4, 0.5) is 5.69 Å². The molecule has 0 aliphatic heterocycles. The normalized spacial score (nSPS) is 13.7. The van der Waals surface area contributed by atoms with Crippen molar-refractivity contribution in [3.05, 3.63) is 83.0 Å². The largest absolute Gasteiger partial charge is 0.457 e. The topological polar surface area (TPSA) is 71.2 Å². The molecule has 0 amide bonds. The van der Waals surface area contributed by atoms with Gasteiger partial charge in [-0.2, -0.15) is 0 Å². The SMILES string of the molecule is O=S(=O)(Nc1ccc(Oc2ccc(Cl)cc2)cc1)c1ccc2[nH]c3c(c2c1)CCCC3. The first-order valence-electron chi connectivity index (χ1n) is 10.2. The van der Waals surface area contributed by atoms with Crippen LogP contribution in [0.5, 0.6) is 11.5 Å². The van der Waals surface area contributed by atoms with E-state index in [1.54, 1.807) is 60.7 Å². The lowest BCUT2D eigenvalue weighted by Gasteiger charge is -2.11. The highest BCUT2D eigenvalue weighted by Gasteiger charge is 2.19. The third kappa shape index (κ3) is 4.13. The Hall–Kier alpha value is -2.96. The quantitative estimate of drug-likeness (QED) is 0.373. The van der Waals surface area contributed by atoms with E-state index in [0.29, 0.717) is 22.2 Å². The lowest BCUT2D eigenvalue weighted by atomic mass is 9.96. The van der Waals surface area contributed by atoms with Crippen LogP contribution >= 0.6 is 11.6 Å². The number of rotatable bonds is 5. The minimum atomic E-state index is -3.71. The van der Waals surface area contributed by atoms with Crippen LogP contribution in [0, 0.1) is 0 Å². The molecular weight excluding hydrogens is 432 g/mol. The molecule has 5 nitrogen and oxygen atoms in total. The van der Waals surface area contributed by atoms with Crippen molar-refractivity contribution in [3.8, 4) is 11.5 Å². The number of halogens is 1. The second-order valence-corrected chi connectivity index (χ2v) is 9.80. The number of nitrogens with one attached hydrogen (secondary N) is 2. The van der Waals surface area contributed by atoms with Crippen molar-refractivity contribution < 1.29 is 13.2 Å². The van der Waals surface area contributed by atoms with E-state index in [4.69, 9.17) is 16.3 Å². The van der Waals surface area contributed by atoms with Crippen molar-refractivity contribution in [2.45, 2.75) is 30.6 Å². The standard InChI is InChI=1S/C24H21ClN2O3S/c25-16-5-9-18(10-6-16)30-19-11-7-17(8-12-19)27-31(28,29)20-13-14-24-22(15-20)21-3-1-2-4-23(21)26-24/h5-15,26-27H,1-4H2. The predicted molar refractivity (Wildman–Crippen MR) is 124 cm³/mol. The number of H-pyrrole nitrogens is 1. The van der Waals surface area contributed by atoms with Gasteiger partial charge in [-0.1, -0.05) is 11.6 Å². The van der Waals surface area contributed by atoms with Gasteiger partial charge in [-0.3, -0.25) is 4.72 Å². The van der Waals surface area contributed by atoms with E-state index < -0.39 is 10.0 Å². The fourth-order valence-electron chi connectivity index (χ4n) is 4.00. The van der Waals surface area contributed by atoms with E-state index >= 15 is 0 Å². The summed E-state index contributed by atoms with van der Waals surface area (Å²) < 4.78 is 34.4. The Morgan fingerprint density at radius 3 is 2.29 bits per heavy atom. The van der Waals surface area contributed by atoms with E-state index in [1.165, 1.54) is 17.7 Å². The fraction of sp³-hybridized carbons (Fsp3) is 0.167. The van der Waals surface area contributed by atoms with Crippen LogP contribution in [0.3, 0.4) is 0 Å². The number of aryl methyl sites for hydroxylation is 2. The first-order valence-corrected chi connectivity index (χ1v) is 12.0. The summed E-state index contributed by atoms with van der Waals surface area (Å²) in [6.45, 7) is 0. The van der Waals surface area contributed by atoms with Gasteiger partial charge in [0, 0.05) is 27.3 Å². The summed E-state index contributed by atoms with van der Waals surface area (Å²) in [5, 5.41) is 1.64. The molecule has 1 aromatic heterocycles. The molecule has 0 bridgehead atoms. The maximum atomic E-state index is 13.0.